The molecule has 3 nitrogen and oxygen atoms in total. The van der Waals surface area contributed by atoms with Crippen LogP contribution >= 0.6 is 15.9 Å². The molecule has 1 atom stereocenters. The van der Waals surface area contributed by atoms with Gasteiger partial charge in [0.2, 0.25) is 5.91 Å². The Morgan fingerprint density at radius 3 is 2.57 bits per heavy atom. The number of carbonyl (C=O) groups excluding carboxylic acids is 1. The van der Waals surface area contributed by atoms with Crippen molar-refractivity contribution in [2.45, 2.75) is 19.4 Å². The molecule has 2 aromatic carbocycles. The summed E-state index contributed by atoms with van der Waals surface area (Å²) in [5.74, 6) is -0.00863. The zero-order valence-electron chi connectivity index (χ0n) is 12.0. The summed E-state index contributed by atoms with van der Waals surface area (Å²) in [5, 5.41) is 6.18. The van der Waals surface area contributed by atoms with E-state index in [9.17, 15) is 4.79 Å². The summed E-state index contributed by atoms with van der Waals surface area (Å²) in [4.78, 5) is 12.1. The summed E-state index contributed by atoms with van der Waals surface area (Å²) in [6.45, 7) is 2.33. The number of benzene rings is 2. The lowest BCUT2D eigenvalue weighted by atomic mass is 10.0. The number of hydrogen-bond donors (Lipinski definition) is 2. The minimum atomic E-state index is -0.00863. The molecule has 0 radical (unpaired) electrons. The molecular formula is C17H19BrN2O. The Morgan fingerprint density at radius 1 is 1.14 bits per heavy atom. The van der Waals surface area contributed by atoms with Gasteiger partial charge in [-0.1, -0.05) is 59.3 Å². The van der Waals surface area contributed by atoms with E-state index < -0.39 is 0 Å². The Morgan fingerprint density at radius 2 is 1.90 bits per heavy atom. The molecule has 0 aliphatic heterocycles. The number of anilines is 1. The maximum absolute atomic E-state index is 12.1. The predicted octanol–water partition coefficient (Wildman–Crippen LogP) is 4.13. The minimum absolute atomic E-state index is 0.00863. The van der Waals surface area contributed by atoms with Crippen molar-refractivity contribution in [2.75, 3.05) is 11.9 Å². The monoisotopic (exact) mass is 346 g/mol. The van der Waals surface area contributed by atoms with Gasteiger partial charge in [0.15, 0.2) is 0 Å². The highest BCUT2D eigenvalue weighted by Crippen LogP contribution is 2.17. The Hall–Kier alpha value is -1.81. The van der Waals surface area contributed by atoms with Gasteiger partial charge >= 0.3 is 0 Å². The van der Waals surface area contributed by atoms with Gasteiger partial charge in [-0.25, -0.2) is 0 Å². The van der Waals surface area contributed by atoms with Gasteiger partial charge in [0.1, 0.15) is 0 Å². The molecule has 0 aliphatic carbocycles. The molecule has 0 saturated heterocycles. The van der Waals surface area contributed by atoms with E-state index >= 15 is 0 Å². The van der Waals surface area contributed by atoms with Crippen LogP contribution in [0.3, 0.4) is 0 Å². The quantitative estimate of drug-likeness (QED) is 0.825. The average Bonchev–Trinajstić information content (AvgIpc) is 2.51. The lowest BCUT2D eigenvalue weighted by molar-refractivity contribution is -0.120. The van der Waals surface area contributed by atoms with Crippen molar-refractivity contribution in [3.63, 3.8) is 0 Å². The Balaban J connectivity index is 1.89. The molecule has 0 bridgehead atoms. The topological polar surface area (TPSA) is 41.1 Å². The molecule has 2 rings (SSSR count). The van der Waals surface area contributed by atoms with E-state index in [-0.39, 0.29) is 18.5 Å². The third-order valence-electron chi connectivity index (χ3n) is 3.22. The first-order valence-electron chi connectivity index (χ1n) is 7.02. The lowest BCUT2D eigenvalue weighted by Gasteiger charge is -2.18. The molecule has 0 spiro atoms. The third kappa shape index (κ3) is 4.90. The smallest absolute Gasteiger partial charge is 0.239 e. The third-order valence-corrected chi connectivity index (χ3v) is 3.72. The van der Waals surface area contributed by atoms with Crippen molar-refractivity contribution in [1.29, 1.82) is 0 Å². The normalized spacial score (nSPS) is 11.7. The van der Waals surface area contributed by atoms with E-state index in [0.717, 1.165) is 22.1 Å². The SMILES string of the molecule is CCC(NC(=O)CNc1cccc(Br)c1)c1ccccc1. The van der Waals surface area contributed by atoms with Gasteiger partial charge < -0.3 is 10.6 Å². The summed E-state index contributed by atoms with van der Waals surface area (Å²) in [6, 6.07) is 17.9. The summed E-state index contributed by atoms with van der Waals surface area (Å²) in [7, 11) is 0. The predicted molar refractivity (Wildman–Crippen MR) is 90.2 cm³/mol. The van der Waals surface area contributed by atoms with E-state index in [4.69, 9.17) is 0 Å². The van der Waals surface area contributed by atoms with Crippen molar-refractivity contribution in [3.8, 4) is 0 Å². The van der Waals surface area contributed by atoms with Crippen LogP contribution in [0.25, 0.3) is 0 Å². The van der Waals surface area contributed by atoms with Gasteiger partial charge in [0.25, 0.3) is 0 Å². The first-order chi connectivity index (χ1) is 10.2. The molecular weight excluding hydrogens is 328 g/mol. The molecule has 1 amide bonds. The van der Waals surface area contributed by atoms with Gasteiger partial charge in [-0.05, 0) is 30.2 Å². The Bertz CT molecular complexity index is 586. The van der Waals surface area contributed by atoms with Gasteiger partial charge in [-0.15, -0.1) is 0 Å². The van der Waals surface area contributed by atoms with Crippen LogP contribution in [0.4, 0.5) is 5.69 Å². The van der Waals surface area contributed by atoms with Crippen LogP contribution in [-0.4, -0.2) is 12.5 Å². The summed E-state index contributed by atoms with van der Waals surface area (Å²) in [5.41, 5.74) is 2.06. The van der Waals surface area contributed by atoms with E-state index in [0.29, 0.717) is 0 Å². The number of rotatable bonds is 6. The molecule has 0 heterocycles. The van der Waals surface area contributed by atoms with Crippen LogP contribution < -0.4 is 10.6 Å². The molecule has 4 heteroatoms. The first kappa shape index (κ1) is 15.6. The second kappa shape index (κ2) is 7.84. The van der Waals surface area contributed by atoms with Gasteiger partial charge in [-0.2, -0.15) is 0 Å². The molecule has 0 aromatic heterocycles. The van der Waals surface area contributed by atoms with Crippen LogP contribution in [0.15, 0.2) is 59.1 Å². The molecule has 110 valence electrons. The number of hydrogen-bond acceptors (Lipinski definition) is 2. The Kier molecular flexibility index (Phi) is 5.81. The van der Waals surface area contributed by atoms with Gasteiger partial charge in [-0.3, -0.25) is 4.79 Å². The average molecular weight is 347 g/mol. The van der Waals surface area contributed by atoms with E-state index in [1.54, 1.807) is 0 Å². The van der Waals surface area contributed by atoms with E-state index in [1.807, 2.05) is 54.6 Å². The summed E-state index contributed by atoms with van der Waals surface area (Å²) >= 11 is 3.41. The first-order valence-corrected chi connectivity index (χ1v) is 7.82. The summed E-state index contributed by atoms with van der Waals surface area (Å²) in [6.07, 6.45) is 0.868. The van der Waals surface area contributed by atoms with Crippen molar-refractivity contribution in [2.24, 2.45) is 0 Å². The molecule has 1 unspecified atom stereocenters. The molecule has 2 N–H and O–H groups in total. The Labute approximate surface area is 133 Å². The summed E-state index contributed by atoms with van der Waals surface area (Å²) < 4.78 is 0.989. The highest BCUT2D eigenvalue weighted by Gasteiger charge is 2.11. The molecule has 0 aliphatic rings. The zero-order valence-corrected chi connectivity index (χ0v) is 13.6. The van der Waals surface area contributed by atoms with Crippen molar-refractivity contribution in [3.05, 3.63) is 64.6 Å². The van der Waals surface area contributed by atoms with E-state index in [2.05, 4.69) is 33.5 Å². The van der Waals surface area contributed by atoms with Crippen molar-refractivity contribution < 1.29 is 4.79 Å². The van der Waals surface area contributed by atoms with Crippen molar-refractivity contribution >= 4 is 27.5 Å². The minimum Gasteiger partial charge on any atom is -0.376 e. The number of carbonyl (C=O) groups is 1. The van der Waals surface area contributed by atoms with Gasteiger partial charge in [0, 0.05) is 10.2 Å². The molecule has 2 aromatic rings. The standard InChI is InChI=1S/C17H19BrN2O/c1-2-16(13-7-4-3-5-8-13)20-17(21)12-19-15-10-6-9-14(18)11-15/h3-11,16,19H,2,12H2,1H3,(H,20,21). The van der Waals surface area contributed by atoms with Crippen LogP contribution in [0.2, 0.25) is 0 Å². The largest absolute Gasteiger partial charge is 0.376 e. The highest BCUT2D eigenvalue weighted by atomic mass is 79.9. The fourth-order valence-corrected chi connectivity index (χ4v) is 2.53. The lowest BCUT2D eigenvalue weighted by Crippen LogP contribution is -2.33. The number of amides is 1. The maximum Gasteiger partial charge on any atom is 0.239 e. The second-order valence-electron chi connectivity index (χ2n) is 4.80. The van der Waals surface area contributed by atoms with Crippen LogP contribution in [-0.2, 0) is 4.79 Å². The highest BCUT2D eigenvalue weighted by molar-refractivity contribution is 9.10. The molecule has 0 fully saturated rings. The maximum atomic E-state index is 12.1. The fourth-order valence-electron chi connectivity index (χ4n) is 2.13. The number of halogens is 1. The fraction of sp³-hybridized carbons (Fsp3) is 0.235. The van der Waals surface area contributed by atoms with Crippen molar-refractivity contribution in [1.82, 2.24) is 5.32 Å². The number of nitrogens with one attached hydrogen (secondary N) is 2. The molecule has 0 saturated carbocycles. The zero-order chi connectivity index (χ0) is 15.1. The van der Waals surface area contributed by atoms with Crippen LogP contribution in [0.1, 0.15) is 24.9 Å². The van der Waals surface area contributed by atoms with Crippen LogP contribution in [0.5, 0.6) is 0 Å². The van der Waals surface area contributed by atoms with Gasteiger partial charge in [0.05, 0.1) is 12.6 Å². The van der Waals surface area contributed by atoms with Crippen LogP contribution in [0, 0.1) is 0 Å². The molecule has 21 heavy (non-hydrogen) atoms. The van der Waals surface area contributed by atoms with E-state index in [1.165, 1.54) is 0 Å². The second-order valence-corrected chi connectivity index (χ2v) is 5.72.